The molecule has 0 unspecified atom stereocenters. The molecule has 0 aliphatic rings. The summed E-state index contributed by atoms with van der Waals surface area (Å²) >= 11 is 0. The summed E-state index contributed by atoms with van der Waals surface area (Å²) in [5.41, 5.74) is 5.61. The summed E-state index contributed by atoms with van der Waals surface area (Å²) in [6.07, 6.45) is 0. The highest BCUT2D eigenvalue weighted by Crippen LogP contribution is 2.16. The smallest absolute Gasteiger partial charge is 0.191 e. The number of aliphatic imine (C=N–C) groups is 1. The highest BCUT2D eigenvalue weighted by atomic mass is 127. The topological polar surface area (TPSA) is 54.2 Å². The van der Waals surface area contributed by atoms with Gasteiger partial charge < -0.3 is 10.6 Å². The fraction of sp³-hybridized carbons (Fsp3) is 0.273. The van der Waals surface area contributed by atoms with E-state index in [1.54, 1.807) is 0 Å². The molecule has 0 fully saturated rings. The maximum atomic E-state index is 4.69. The van der Waals surface area contributed by atoms with Crippen LogP contribution in [0.3, 0.4) is 0 Å². The van der Waals surface area contributed by atoms with Gasteiger partial charge in [-0.05, 0) is 44.0 Å². The average Bonchev–Trinajstić information content (AvgIpc) is 3.03. The second kappa shape index (κ2) is 10.8. The minimum Gasteiger partial charge on any atom is -0.357 e. The highest BCUT2D eigenvalue weighted by molar-refractivity contribution is 14.0. The second-order valence-electron chi connectivity index (χ2n) is 6.50. The minimum absolute atomic E-state index is 0. The molecule has 2 N–H and O–H groups in total. The molecule has 2 aromatic carbocycles. The lowest BCUT2D eigenvalue weighted by Crippen LogP contribution is -2.37. The summed E-state index contributed by atoms with van der Waals surface area (Å²) in [4.78, 5) is 4.69. The normalized spacial score (nSPS) is 11.0. The van der Waals surface area contributed by atoms with Gasteiger partial charge in [-0.25, -0.2) is 9.67 Å². The fourth-order valence-corrected chi connectivity index (χ4v) is 3.01. The Morgan fingerprint density at radius 2 is 1.71 bits per heavy atom. The third-order valence-electron chi connectivity index (χ3n) is 4.28. The van der Waals surface area contributed by atoms with E-state index in [0.29, 0.717) is 13.1 Å². The maximum Gasteiger partial charge on any atom is 0.191 e. The zero-order valence-electron chi connectivity index (χ0n) is 16.6. The lowest BCUT2D eigenvalue weighted by Gasteiger charge is -2.15. The quantitative estimate of drug-likeness (QED) is 0.307. The van der Waals surface area contributed by atoms with Gasteiger partial charge in [0.1, 0.15) is 0 Å². The number of guanidine groups is 1. The lowest BCUT2D eigenvalue weighted by atomic mass is 10.1. The van der Waals surface area contributed by atoms with Crippen molar-refractivity contribution in [3.8, 4) is 5.69 Å². The molecule has 3 rings (SSSR count). The van der Waals surface area contributed by atoms with Crippen LogP contribution in [0.4, 0.5) is 0 Å². The van der Waals surface area contributed by atoms with E-state index in [2.05, 4.69) is 66.0 Å². The van der Waals surface area contributed by atoms with Crippen LogP contribution < -0.4 is 10.6 Å². The van der Waals surface area contributed by atoms with Crippen molar-refractivity contribution in [3.05, 3.63) is 83.2 Å². The maximum absolute atomic E-state index is 4.69. The van der Waals surface area contributed by atoms with Crippen molar-refractivity contribution in [2.75, 3.05) is 6.54 Å². The van der Waals surface area contributed by atoms with Crippen LogP contribution in [0, 0.1) is 13.8 Å². The summed E-state index contributed by atoms with van der Waals surface area (Å²) < 4.78 is 2.00. The second-order valence-corrected chi connectivity index (χ2v) is 6.50. The first-order valence-corrected chi connectivity index (χ1v) is 9.35. The number of benzene rings is 2. The lowest BCUT2D eigenvalue weighted by molar-refractivity contribution is 0.783. The van der Waals surface area contributed by atoms with Crippen LogP contribution >= 0.6 is 24.0 Å². The van der Waals surface area contributed by atoms with Gasteiger partial charge >= 0.3 is 0 Å². The Morgan fingerprint density at radius 3 is 2.39 bits per heavy atom. The van der Waals surface area contributed by atoms with E-state index in [-0.39, 0.29) is 24.0 Å². The molecule has 0 aliphatic heterocycles. The van der Waals surface area contributed by atoms with Gasteiger partial charge in [0.2, 0.25) is 0 Å². The molecule has 0 radical (unpaired) electrons. The molecule has 0 aliphatic carbocycles. The summed E-state index contributed by atoms with van der Waals surface area (Å²) in [5, 5.41) is 11.4. The molecule has 6 heteroatoms. The van der Waals surface area contributed by atoms with Gasteiger partial charge in [0.15, 0.2) is 5.96 Å². The number of para-hydroxylation sites is 1. The van der Waals surface area contributed by atoms with Crippen LogP contribution in [0.2, 0.25) is 0 Å². The highest BCUT2D eigenvalue weighted by Gasteiger charge is 2.09. The Hall–Kier alpha value is -2.35. The molecule has 5 nitrogen and oxygen atoms in total. The number of aryl methyl sites for hydroxylation is 2. The number of hydrogen-bond donors (Lipinski definition) is 2. The van der Waals surface area contributed by atoms with Gasteiger partial charge in [-0.3, -0.25) is 0 Å². The Morgan fingerprint density at radius 1 is 1.00 bits per heavy atom. The molecule has 3 aromatic rings. The number of aromatic nitrogens is 2. The summed E-state index contributed by atoms with van der Waals surface area (Å²) in [7, 11) is 0. The molecule has 0 spiro atoms. The number of rotatable bonds is 6. The number of halogens is 1. The van der Waals surface area contributed by atoms with Crippen LogP contribution in [0.5, 0.6) is 0 Å². The van der Waals surface area contributed by atoms with Crippen molar-refractivity contribution >= 4 is 29.9 Å². The van der Waals surface area contributed by atoms with Crippen molar-refractivity contribution in [1.29, 1.82) is 0 Å². The zero-order valence-corrected chi connectivity index (χ0v) is 19.0. The molecule has 28 heavy (non-hydrogen) atoms. The van der Waals surface area contributed by atoms with Gasteiger partial charge in [-0.2, -0.15) is 5.10 Å². The van der Waals surface area contributed by atoms with Gasteiger partial charge in [0.25, 0.3) is 0 Å². The van der Waals surface area contributed by atoms with Gasteiger partial charge in [-0.1, -0.05) is 48.5 Å². The van der Waals surface area contributed by atoms with Gasteiger partial charge in [-0.15, -0.1) is 24.0 Å². The monoisotopic (exact) mass is 489 g/mol. The van der Waals surface area contributed by atoms with E-state index in [9.17, 15) is 0 Å². The van der Waals surface area contributed by atoms with E-state index >= 15 is 0 Å². The first kappa shape index (κ1) is 21.9. The van der Waals surface area contributed by atoms with Crippen LogP contribution in [-0.4, -0.2) is 22.3 Å². The van der Waals surface area contributed by atoms with E-state index in [1.807, 2.05) is 35.9 Å². The van der Waals surface area contributed by atoms with Crippen molar-refractivity contribution < 1.29 is 0 Å². The summed E-state index contributed by atoms with van der Waals surface area (Å²) in [6, 6.07) is 20.7. The summed E-state index contributed by atoms with van der Waals surface area (Å²) in [6.45, 7) is 8.31. The predicted molar refractivity (Wildman–Crippen MR) is 127 cm³/mol. The molecule has 0 amide bonds. The number of nitrogens with one attached hydrogen (secondary N) is 2. The van der Waals surface area contributed by atoms with E-state index in [4.69, 9.17) is 4.99 Å². The third-order valence-corrected chi connectivity index (χ3v) is 4.28. The molecule has 0 bridgehead atoms. The van der Waals surface area contributed by atoms with Crippen molar-refractivity contribution in [2.45, 2.75) is 33.9 Å². The zero-order chi connectivity index (χ0) is 19.1. The van der Waals surface area contributed by atoms with Gasteiger partial charge in [0, 0.05) is 18.8 Å². The SMILES string of the molecule is CCNC(=NCc1ccccc1)NCc1ccccc1-n1nc(C)cc1C.I. The van der Waals surface area contributed by atoms with E-state index in [0.717, 1.165) is 29.6 Å². The fourth-order valence-electron chi connectivity index (χ4n) is 3.01. The molecular weight excluding hydrogens is 461 g/mol. The number of nitrogens with zero attached hydrogens (tertiary/aromatic N) is 3. The van der Waals surface area contributed by atoms with Crippen LogP contribution in [0.25, 0.3) is 5.69 Å². The molecular formula is C22H28IN5. The first-order chi connectivity index (χ1) is 13.2. The van der Waals surface area contributed by atoms with Crippen LogP contribution in [0.15, 0.2) is 65.7 Å². The molecule has 0 saturated carbocycles. The molecule has 148 valence electrons. The standard InChI is InChI=1S/C22H27N5.HI/c1-4-23-22(24-15-19-10-6-5-7-11-19)25-16-20-12-8-9-13-21(20)27-18(3)14-17(2)26-27;/h5-14H,4,15-16H2,1-3H3,(H2,23,24,25);1H. The van der Waals surface area contributed by atoms with Crippen molar-refractivity contribution in [2.24, 2.45) is 4.99 Å². The molecule has 1 aromatic heterocycles. The van der Waals surface area contributed by atoms with Crippen molar-refractivity contribution in [3.63, 3.8) is 0 Å². The Kier molecular flexibility index (Phi) is 8.50. The van der Waals surface area contributed by atoms with Crippen molar-refractivity contribution in [1.82, 2.24) is 20.4 Å². The largest absolute Gasteiger partial charge is 0.357 e. The molecule has 1 heterocycles. The molecule has 0 atom stereocenters. The van der Waals surface area contributed by atoms with E-state index in [1.165, 1.54) is 11.1 Å². The van der Waals surface area contributed by atoms with Gasteiger partial charge in [0.05, 0.1) is 17.9 Å². The Balaban J connectivity index is 0.00000280. The van der Waals surface area contributed by atoms with Crippen LogP contribution in [-0.2, 0) is 13.1 Å². The average molecular weight is 489 g/mol. The first-order valence-electron chi connectivity index (χ1n) is 9.35. The number of hydrogen-bond acceptors (Lipinski definition) is 2. The third kappa shape index (κ3) is 5.82. The Labute approximate surface area is 184 Å². The molecule has 0 saturated heterocycles. The van der Waals surface area contributed by atoms with E-state index < -0.39 is 0 Å². The Bertz CT molecular complexity index is 902. The minimum atomic E-state index is 0. The van der Waals surface area contributed by atoms with Crippen LogP contribution in [0.1, 0.15) is 29.4 Å². The summed E-state index contributed by atoms with van der Waals surface area (Å²) in [5.74, 6) is 0.810. The predicted octanol–water partition coefficient (Wildman–Crippen LogP) is 4.36.